The van der Waals surface area contributed by atoms with Crippen LogP contribution in [0.5, 0.6) is 0 Å². The van der Waals surface area contributed by atoms with Crippen LogP contribution < -0.4 is 5.32 Å². The van der Waals surface area contributed by atoms with Crippen LogP contribution in [0.3, 0.4) is 0 Å². The van der Waals surface area contributed by atoms with Crippen LogP contribution in [0.4, 0.5) is 0 Å². The topological polar surface area (TPSA) is 37.8 Å². The minimum Gasteiger partial charge on any atom is -0.387 e. The molecule has 22 heavy (non-hydrogen) atoms. The van der Waals surface area contributed by atoms with Crippen molar-refractivity contribution in [2.45, 2.75) is 32.6 Å². The molecule has 2 rings (SSSR count). The number of rotatable bonds is 7. The molecule has 0 aromatic carbocycles. The van der Waals surface area contributed by atoms with Crippen LogP contribution in [0.25, 0.3) is 16.3 Å². The summed E-state index contributed by atoms with van der Waals surface area (Å²) in [5, 5.41) is 4.15. The van der Waals surface area contributed by atoms with E-state index in [1.54, 1.807) is 11.3 Å². The van der Waals surface area contributed by atoms with Crippen LogP contribution in [-0.4, -0.2) is 17.0 Å². The second kappa shape index (κ2) is 7.77. The lowest BCUT2D eigenvalue weighted by Crippen LogP contribution is -2.03. The van der Waals surface area contributed by atoms with Gasteiger partial charge in [-0.1, -0.05) is 6.58 Å². The van der Waals surface area contributed by atoms with Gasteiger partial charge in [-0.2, -0.15) is 0 Å². The number of thiazole rings is 1. The van der Waals surface area contributed by atoms with E-state index in [1.165, 1.54) is 0 Å². The molecule has 0 unspecified atom stereocenters. The molecular weight excluding hydrogens is 290 g/mol. The number of pyridine rings is 1. The highest BCUT2D eigenvalue weighted by atomic mass is 32.1. The van der Waals surface area contributed by atoms with Crippen molar-refractivity contribution >= 4 is 17.0 Å². The van der Waals surface area contributed by atoms with Gasteiger partial charge in [0.25, 0.3) is 0 Å². The molecule has 2 aromatic rings. The van der Waals surface area contributed by atoms with Gasteiger partial charge in [0, 0.05) is 36.6 Å². The number of aryl methyl sites for hydroxylation is 2. The number of aromatic nitrogens is 2. The fourth-order valence-corrected chi connectivity index (χ4v) is 3.28. The van der Waals surface area contributed by atoms with Crippen LogP contribution in [-0.2, 0) is 6.42 Å². The quantitative estimate of drug-likeness (QED) is 0.619. The third-order valence-corrected chi connectivity index (χ3v) is 4.61. The molecule has 0 atom stereocenters. The van der Waals surface area contributed by atoms with Crippen molar-refractivity contribution in [2.75, 3.05) is 7.05 Å². The molecule has 114 valence electrons. The largest absolute Gasteiger partial charge is 0.387 e. The first kappa shape index (κ1) is 16.3. The van der Waals surface area contributed by atoms with Crippen LogP contribution in [0.1, 0.15) is 35.5 Å². The van der Waals surface area contributed by atoms with Gasteiger partial charge in [0.15, 0.2) is 0 Å². The molecule has 0 saturated heterocycles. The van der Waals surface area contributed by atoms with E-state index in [0.29, 0.717) is 0 Å². The lowest BCUT2D eigenvalue weighted by Gasteiger charge is -2.04. The van der Waals surface area contributed by atoms with Crippen molar-refractivity contribution in [3.8, 4) is 22.9 Å². The molecule has 0 fully saturated rings. The van der Waals surface area contributed by atoms with E-state index in [0.717, 1.165) is 58.2 Å². The Morgan fingerprint density at radius 2 is 2.27 bits per heavy atom. The van der Waals surface area contributed by atoms with Crippen molar-refractivity contribution in [1.29, 1.82) is 0 Å². The Morgan fingerprint density at radius 1 is 1.45 bits per heavy atom. The van der Waals surface area contributed by atoms with Crippen LogP contribution in [0.15, 0.2) is 24.9 Å². The molecule has 4 heteroatoms. The third kappa shape index (κ3) is 3.96. The van der Waals surface area contributed by atoms with Crippen molar-refractivity contribution in [2.24, 2.45) is 0 Å². The Kier molecular flexibility index (Phi) is 5.74. The zero-order valence-electron chi connectivity index (χ0n) is 13.1. The minimum atomic E-state index is 0.822. The molecule has 0 spiro atoms. The van der Waals surface area contributed by atoms with E-state index in [2.05, 4.69) is 28.9 Å². The normalized spacial score (nSPS) is 10.2. The average molecular weight is 311 g/mol. The maximum Gasteiger partial charge on any atom is 0.124 e. The maximum absolute atomic E-state index is 5.31. The summed E-state index contributed by atoms with van der Waals surface area (Å²) in [7, 11) is 1.89. The van der Waals surface area contributed by atoms with E-state index in [9.17, 15) is 0 Å². The summed E-state index contributed by atoms with van der Waals surface area (Å²) < 4.78 is 0. The molecule has 0 radical (unpaired) electrons. The molecular formula is C18H21N3S. The van der Waals surface area contributed by atoms with Crippen molar-refractivity contribution in [1.82, 2.24) is 15.3 Å². The first-order valence-corrected chi connectivity index (χ1v) is 8.20. The molecule has 2 heterocycles. The maximum atomic E-state index is 5.31. The summed E-state index contributed by atoms with van der Waals surface area (Å²) in [5.74, 6) is 2.69. The summed E-state index contributed by atoms with van der Waals surface area (Å²) in [5.41, 5.74) is 4.13. The predicted octanol–water partition coefficient (Wildman–Crippen LogP) is 4.05. The van der Waals surface area contributed by atoms with Gasteiger partial charge in [-0.25, -0.2) is 4.98 Å². The van der Waals surface area contributed by atoms with Gasteiger partial charge < -0.3 is 5.32 Å². The number of terminal acetylenes is 1. The van der Waals surface area contributed by atoms with Crippen molar-refractivity contribution in [3.63, 3.8) is 0 Å². The zero-order chi connectivity index (χ0) is 15.9. The first-order valence-electron chi connectivity index (χ1n) is 7.39. The van der Waals surface area contributed by atoms with E-state index < -0.39 is 0 Å². The van der Waals surface area contributed by atoms with Gasteiger partial charge in [0.2, 0.25) is 0 Å². The zero-order valence-corrected chi connectivity index (χ0v) is 14.0. The summed E-state index contributed by atoms with van der Waals surface area (Å²) in [6.45, 7) is 6.08. The first-order chi connectivity index (χ1) is 10.7. The van der Waals surface area contributed by atoms with Gasteiger partial charge in [-0.3, -0.25) is 4.98 Å². The van der Waals surface area contributed by atoms with Crippen LogP contribution in [0.2, 0.25) is 0 Å². The molecule has 2 aromatic heterocycles. The molecule has 0 aliphatic heterocycles. The molecule has 0 amide bonds. The number of hydrogen-bond donors (Lipinski definition) is 1. The average Bonchev–Trinajstić information content (AvgIpc) is 2.95. The summed E-state index contributed by atoms with van der Waals surface area (Å²) in [6.07, 6.45) is 11.0. The highest BCUT2D eigenvalue weighted by Gasteiger charge is 2.14. The molecule has 0 bridgehead atoms. The summed E-state index contributed by atoms with van der Waals surface area (Å²) in [6, 6.07) is 4.06. The van der Waals surface area contributed by atoms with Gasteiger partial charge >= 0.3 is 0 Å². The fourth-order valence-electron chi connectivity index (χ4n) is 2.19. The molecule has 0 saturated carbocycles. The minimum absolute atomic E-state index is 0.822. The SMILES string of the molecule is C#CCCCCc1nc(-c2ccnc(C)c2)sc1C(=C)NC. The molecule has 0 aliphatic carbocycles. The predicted molar refractivity (Wildman–Crippen MR) is 94.6 cm³/mol. The smallest absolute Gasteiger partial charge is 0.124 e. The highest BCUT2D eigenvalue weighted by Crippen LogP contribution is 2.32. The van der Waals surface area contributed by atoms with E-state index in [-0.39, 0.29) is 0 Å². The second-order valence-corrected chi connectivity index (χ2v) is 6.12. The van der Waals surface area contributed by atoms with Gasteiger partial charge in [-0.05, 0) is 38.3 Å². The second-order valence-electron chi connectivity index (χ2n) is 5.12. The number of nitrogens with zero attached hydrogens (tertiary/aromatic N) is 2. The Bertz CT molecular complexity index is 695. The van der Waals surface area contributed by atoms with E-state index >= 15 is 0 Å². The number of hydrogen-bond acceptors (Lipinski definition) is 4. The van der Waals surface area contributed by atoms with Crippen molar-refractivity contribution in [3.05, 3.63) is 41.2 Å². The van der Waals surface area contributed by atoms with Crippen LogP contribution >= 0.6 is 11.3 Å². The Balaban J connectivity index is 2.27. The van der Waals surface area contributed by atoms with Crippen LogP contribution in [0, 0.1) is 19.3 Å². The highest BCUT2D eigenvalue weighted by molar-refractivity contribution is 7.16. The summed E-state index contributed by atoms with van der Waals surface area (Å²) >= 11 is 1.68. The van der Waals surface area contributed by atoms with Gasteiger partial charge in [0.1, 0.15) is 5.01 Å². The molecule has 1 N–H and O–H groups in total. The Hall–Kier alpha value is -2.12. The monoisotopic (exact) mass is 311 g/mol. The number of unbranched alkanes of at least 4 members (excludes halogenated alkanes) is 2. The van der Waals surface area contributed by atoms with E-state index in [4.69, 9.17) is 11.4 Å². The lowest BCUT2D eigenvalue weighted by atomic mass is 10.1. The fraction of sp³-hybridized carbons (Fsp3) is 0.333. The Labute approximate surface area is 136 Å². The standard InChI is InChI=1S/C18H21N3S/c1-5-6-7-8-9-16-17(14(3)19-4)22-18(21-16)15-10-11-20-13(2)12-15/h1,10-12,19H,3,6-9H2,2,4H3. The molecule has 0 aliphatic rings. The Morgan fingerprint density at radius 3 is 2.95 bits per heavy atom. The molecule has 3 nitrogen and oxygen atoms in total. The van der Waals surface area contributed by atoms with Gasteiger partial charge in [-0.15, -0.1) is 23.7 Å². The van der Waals surface area contributed by atoms with Gasteiger partial charge in [0.05, 0.1) is 10.6 Å². The summed E-state index contributed by atoms with van der Waals surface area (Å²) in [4.78, 5) is 10.2. The van der Waals surface area contributed by atoms with Crippen molar-refractivity contribution < 1.29 is 0 Å². The number of nitrogens with one attached hydrogen (secondary N) is 1. The lowest BCUT2D eigenvalue weighted by molar-refractivity contribution is 0.745. The van der Waals surface area contributed by atoms with E-state index in [1.807, 2.05) is 26.2 Å². The third-order valence-electron chi connectivity index (χ3n) is 3.40.